The summed E-state index contributed by atoms with van der Waals surface area (Å²) in [4.78, 5) is 11.1. The lowest BCUT2D eigenvalue weighted by molar-refractivity contribution is -0.387. The number of rotatable bonds is 5. The van der Waals surface area contributed by atoms with Gasteiger partial charge in [0.05, 0.1) is 9.82 Å². The fourth-order valence-electron chi connectivity index (χ4n) is 1.37. The average Bonchev–Trinajstić information content (AvgIpc) is 2.84. The van der Waals surface area contributed by atoms with Crippen LogP contribution in [0.2, 0.25) is 0 Å². The van der Waals surface area contributed by atoms with Gasteiger partial charge in [0.15, 0.2) is 0 Å². The van der Waals surface area contributed by atoms with Crippen molar-refractivity contribution in [2.24, 2.45) is 0 Å². The third kappa shape index (κ3) is 2.77. The first-order valence-electron chi connectivity index (χ1n) is 5.07. The van der Waals surface area contributed by atoms with E-state index in [1.54, 1.807) is 25.2 Å². The highest BCUT2D eigenvalue weighted by Gasteiger charge is 2.14. The maximum absolute atomic E-state index is 10.9. The first-order valence-corrected chi connectivity index (χ1v) is 6.83. The Bertz CT molecular complexity index is 558. The second-order valence-electron chi connectivity index (χ2n) is 3.31. The van der Waals surface area contributed by atoms with Crippen LogP contribution in [0.15, 0.2) is 29.2 Å². The first-order chi connectivity index (χ1) is 8.72. The molecule has 1 heterocycles. The lowest BCUT2D eigenvalue weighted by atomic mass is 10.3. The Kier molecular flexibility index (Phi) is 4.11. The zero-order chi connectivity index (χ0) is 13.0. The summed E-state index contributed by atoms with van der Waals surface area (Å²) >= 11 is 2.66. The number of aromatic nitrogens is 2. The fourth-order valence-corrected chi connectivity index (χ4v) is 2.95. The van der Waals surface area contributed by atoms with Gasteiger partial charge in [0.25, 0.3) is 5.69 Å². The zero-order valence-electron chi connectivity index (χ0n) is 9.49. The number of nitrogens with one attached hydrogen (secondary N) is 1. The summed E-state index contributed by atoms with van der Waals surface area (Å²) in [6.07, 6.45) is 0. The Hall–Kier alpha value is -1.67. The van der Waals surface area contributed by atoms with E-state index in [0.717, 1.165) is 10.7 Å². The topological polar surface area (TPSA) is 81.0 Å². The zero-order valence-corrected chi connectivity index (χ0v) is 11.1. The number of benzene rings is 1. The number of nitrogens with zero attached hydrogens (tertiary/aromatic N) is 3. The fraction of sp³-hybridized carbons (Fsp3) is 0.200. The van der Waals surface area contributed by atoms with Gasteiger partial charge in [0, 0.05) is 30.4 Å². The molecule has 8 heteroatoms. The molecule has 0 saturated heterocycles. The Morgan fingerprint density at radius 1 is 1.50 bits per heavy atom. The molecule has 1 aromatic carbocycles. The summed E-state index contributed by atoms with van der Waals surface area (Å²) in [5.74, 6) is 0.553. The van der Waals surface area contributed by atoms with E-state index in [4.69, 9.17) is 0 Å². The molecule has 0 amide bonds. The molecule has 0 spiro atoms. The molecule has 0 radical (unpaired) electrons. The van der Waals surface area contributed by atoms with Crippen LogP contribution in [-0.4, -0.2) is 21.6 Å². The molecule has 0 bridgehead atoms. The number of nitro groups is 1. The number of para-hydroxylation sites is 1. The van der Waals surface area contributed by atoms with Crippen LogP contribution < -0.4 is 5.32 Å². The van der Waals surface area contributed by atoms with Crippen LogP contribution in [0.1, 0.15) is 5.69 Å². The summed E-state index contributed by atoms with van der Waals surface area (Å²) < 4.78 is 3.84. The highest BCUT2D eigenvalue weighted by atomic mass is 32.2. The summed E-state index contributed by atoms with van der Waals surface area (Å²) in [5.41, 5.74) is 0.933. The van der Waals surface area contributed by atoms with Crippen molar-refractivity contribution in [3.63, 3.8) is 0 Å². The monoisotopic (exact) mass is 282 g/mol. The van der Waals surface area contributed by atoms with E-state index in [1.807, 2.05) is 0 Å². The van der Waals surface area contributed by atoms with Crippen LogP contribution >= 0.6 is 23.3 Å². The molecule has 6 nitrogen and oxygen atoms in total. The molecule has 0 aliphatic rings. The van der Waals surface area contributed by atoms with Crippen LogP contribution in [0.4, 0.5) is 10.7 Å². The maximum atomic E-state index is 10.9. The maximum Gasteiger partial charge on any atom is 0.282 e. The third-order valence-electron chi connectivity index (χ3n) is 2.21. The SMILES string of the molecule is CNc1snnc1CSc1ccccc1[N+](=O)[O-]. The molecule has 18 heavy (non-hydrogen) atoms. The van der Waals surface area contributed by atoms with Crippen LogP contribution in [0.5, 0.6) is 0 Å². The second kappa shape index (κ2) is 5.78. The number of nitro benzene ring substituents is 1. The van der Waals surface area contributed by atoms with Crippen LogP contribution in [0.3, 0.4) is 0 Å². The Morgan fingerprint density at radius 2 is 2.28 bits per heavy atom. The number of anilines is 1. The molecule has 0 saturated carbocycles. The van der Waals surface area contributed by atoms with Gasteiger partial charge in [0.1, 0.15) is 10.7 Å². The minimum absolute atomic E-state index is 0.122. The minimum Gasteiger partial charge on any atom is -0.377 e. The van der Waals surface area contributed by atoms with Gasteiger partial charge in [-0.25, -0.2) is 0 Å². The van der Waals surface area contributed by atoms with Gasteiger partial charge in [-0.05, 0) is 6.07 Å². The average molecular weight is 282 g/mol. The van der Waals surface area contributed by atoms with E-state index in [-0.39, 0.29) is 10.6 Å². The smallest absolute Gasteiger partial charge is 0.282 e. The molecule has 0 aliphatic carbocycles. The van der Waals surface area contributed by atoms with Crippen molar-refractivity contribution in [2.75, 3.05) is 12.4 Å². The number of hydrogen-bond acceptors (Lipinski definition) is 7. The Morgan fingerprint density at radius 3 is 3.00 bits per heavy atom. The lowest BCUT2D eigenvalue weighted by Crippen LogP contribution is -1.93. The van der Waals surface area contributed by atoms with E-state index >= 15 is 0 Å². The molecule has 2 aromatic rings. The molecule has 2 rings (SSSR count). The van der Waals surface area contributed by atoms with Gasteiger partial charge >= 0.3 is 0 Å². The van der Waals surface area contributed by atoms with Gasteiger partial charge in [-0.1, -0.05) is 16.6 Å². The quantitative estimate of drug-likeness (QED) is 0.516. The summed E-state index contributed by atoms with van der Waals surface area (Å²) in [5, 5.41) is 18.7. The van der Waals surface area contributed by atoms with Gasteiger partial charge in [-0.15, -0.1) is 16.9 Å². The minimum atomic E-state index is -0.374. The molecule has 94 valence electrons. The van der Waals surface area contributed by atoms with Crippen molar-refractivity contribution in [3.8, 4) is 0 Å². The van der Waals surface area contributed by atoms with Crippen molar-refractivity contribution in [3.05, 3.63) is 40.1 Å². The van der Waals surface area contributed by atoms with Crippen LogP contribution in [-0.2, 0) is 5.75 Å². The first kappa shape index (κ1) is 12.8. The van der Waals surface area contributed by atoms with Crippen LogP contribution in [0, 0.1) is 10.1 Å². The van der Waals surface area contributed by atoms with E-state index in [0.29, 0.717) is 10.6 Å². The Balaban J connectivity index is 2.13. The normalized spacial score (nSPS) is 10.3. The summed E-state index contributed by atoms with van der Waals surface area (Å²) in [7, 11) is 1.80. The van der Waals surface area contributed by atoms with Gasteiger partial charge in [-0.2, -0.15) is 0 Å². The molecular weight excluding hydrogens is 272 g/mol. The second-order valence-corrected chi connectivity index (χ2v) is 5.08. The van der Waals surface area contributed by atoms with Crippen molar-refractivity contribution in [1.29, 1.82) is 0 Å². The predicted molar refractivity (Wildman–Crippen MR) is 72.1 cm³/mol. The molecule has 1 N–H and O–H groups in total. The molecule has 0 atom stereocenters. The third-order valence-corrected chi connectivity index (χ3v) is 4.07. The van der Waals surface area contributed by atoms with Crippen molar-refractivity contribution < 1.29 is 4.92 Å². The van der Waals surface area contributed by atoms with Crippen molar-refractivity contribution >= 4 is 34.0 Å². The number of hydrogen-bond donors (Lipinski definition) is 1. The van der Waals surface area contributed by atoms with Crippen LogP contribution in [0.25, 0.3) is 0 Å². The summed E-state index contributed by atoms with van der Waals surface area (Å²) in [6.45, 7) is 0. The molecule has 1 aromatic heterocycles. The Labute approximate surface area is 112 Å². The highest BCUT2D eigenvalue weighted by molar-refractivity contribution is 7.98. The lowest BCUT2D eigenvalue weighted by Gasteiger charge is -2.02. The van der Waals surface area contributed by atoms with Gasteiger partial charge < -0.3 is 5.32 Å². The van der Waals surface area contributed by atoms with E-state index in [2.05, 4.69) is 14.9 Å². The molecular formula is C10H10N4O2S2. The standard InChI is InChI=1S/C10H10N4O2S2/c1-11-10-7(12-13-18-10)6-17-9-5-3-2-4-8(9)14(15)16/h2-5,11H,6H2,1H3. The van der Waals surface area contributed by atoms with Crippen molar-refractivity contribution in [1.82, 2.24) is 9.59 Å². The molecule has 0 unspecified atom stereocenters. The predicted octanol–water partition coefficient (Wildman–Crippen LogP) is 2.78. The highest BCUT2D eigenvalue weighted by Crippen LogP contribution is 2.32. The van der Waals surface area contributed by atoms with Crippen molar-refractivity contribution in [2.45, 2.75) is 10.6 Å². The molecule has 0 fully saturated rings. The van der Waals surface area contributed by atoms with E-state index < -0.39 is 0 Å². The van der Waals surface area contributed by atoms with Gasteiger partial charge in [0.2, 0.25) is 0 Å². The van der Waals surface area contributed by atoms with Gasteiger partial charge in [-0.3, -0.25) is 10.1 Å². The summed E-state index contributed by atoms with van der Waals surface area (Å²) in [6, 6.07) is 6.68. The van der Waals surface area contributed by atoms with E-state index in [1.165, 1.54) is 29.4 Å². The number of thioether (sulfide) groups is 1. The molecule has 0 aliphatic heterocycles. The largest absolute Gasteiger partial charge is 0.377 e. The van der Waals surface area contributed by atoms with E-state index in [9.17, 15) is 10.1 Å².